The summed E-state index contributed by atoms with van der Waals surface area (Å²) in [6, 6.07) is 18.0. The molecule has 2 saturated heterocycles. The second-order valence-corrected chi connectivity index (χ2v) is 8.52. The van der Waals surface area contributed by atoms with Crippen LogP contribution in [0.1, 0.15) is 43.0 Å². The first-order valence-electron chi connectivity index (χ1n) is 10.9. The number of carbonyl (C=O) groups excluding carboxylic acids is 2. The molecule has 0 aromatic heterocycles. The van der Waals surface area contributed by atoms with E-state index >= 15 is 0 Å². The molecule has 0 radical (unpaired) electrons. The summed E-state index contributed by atoms with van der Waals surface area (Å²) in [6.45, 7) is 5.39. The number of rotatable bonds is 3. The number of benzene rings is 2. The Morgan fingerprint density at radius 3 is 1.90 bits per heavy atom. The Morgan fingerprint density at radius 1 is 0.724 bits per heavy atom. The lowest BCUT2D eigenvalue weighted by molar-refractivity contribution is -0.138. The van der Waals surface area contributed by atoms with Gasteiger partial charge in [0, 0.05) is 37.7 Å². The standard InChI is InChI=1S/C25H30N2O2/c1-19-11-15-26(16-12-19)25(29)23-13-17-27(18-14-23)24(28)22-9-7-21(8-10-22)20-5-3-2-4-6-20/h2-10,19,23H,11-18H2,1H3. The molecule has 2 heterocycles. The summed E-state index contributed by atoms with van der Waals surface area (Å²) >= 11 is 0. The van der Waals surface area contributed by atoms with Crippen LogP contribution < -0.4 is 0 Å². The van der Waals surface area contributed by atoms with E-state index in [9.17, 15) is 9.59 Å². The number of amides is 2. The van der Waals surface area contributed by atoms with E-state index in [1.54, 1.807) is 0 Å². The van der Waals surface area contributed by atoms with Gasteiger partial charge in [-0.2, -0.15) is 0 Å². The molecule has 152 valence electrons. The molecule has 0 spiro atoms. The van der Waals surface area contributed by atoms with Gasteiger partial charge in [0.2, 0.25) is 5.91 Å². The molecule has 4 heteroatoms. The largest absolute Gasteiger partial charge is 0.342 e. The fourth-order valence-electron chi connectivity index (χ4n) is 4.44. The van der Waals surface area contributed by atoms with Crippen molar-refractivity contribution in [3.05, 3.63) is 60.2 Å². The van der Waals surface area contributed by atoms with Crippen LogP contribution in [0.25, 0.3) is 11.1 Å². The Hall–Kier alpha value is -2.62. The van der Waals surface area contributed by atoms with Crippen molar-refractivity contribution in [2.75, 3.05) is 26.2 Å². The van der Waals surface area contributed by atoms with Gasteiger partial charge in [-0.15, -0.1) is 0 Å². The first kappa shape index (κ1) is 19.7. The third kappa shape index (κ3) is 4.52. The lowest BCUT2D eigenvalue weighted by Gasteiger charge is -2.36. The molecule has 2 amide bonds. The first-order valence-corrected chi connectivity index (χ1v) is 10.9. The summed E-state index contributed by atoms with van der Waals surface area (Å²) < 4.78 is 0. The fraction of sp³-hybridized carbons (Fsp3) is 0.440. The van der Waals surface area contributed by atoms with Crippen molar-refractivity contribution in [3.8, 4) is 11.1 Å². The number of carbonyl (C=O) groups is 2. The average Bonchev–Trinajstić information content (AvgIpc) is 2.79. The molecule has 0 bridgehead atoms. The van der Waals surface area contributed by atoms with Crippen molar-refractivity contribution in [1.82, 2.24) is 9.80 Å². The van der Waals surface area contributed by atoms with E-state index in [-0.39, 0.29) is 11.8 Å². The van der Waals surface area contributed by atoms with Crippen LogP contribution in [0.2, 0.25) is 0 Å². The molecule has 29 heavy (non-hydrogen) atoms. The molecule has 2 aliphatic rings. The molecule has 4 rings (SSSR count). The maximum absolute atomic E-state index is 12.9. The zero-order valence-electron chi connectivity index (χ0n) is 17.2. The zero-order valence-corrected chi connectivity index (χ0v) is 17.2. The van der Waals surface area contributed by atoms with Crippen LogP contribution in [0.4, 0.5) is 0 Å². The number of piperidine rings is 2. The molecule has 2 aromatic rings. The monoisotopic (exact) mass is 390 g/mol. The Balaban J connectivity index is 1.32. The predicted molar refractivity (Wildman–Crippen MR) is 115 cm³/mol. The Labute approximate surface area is 173 Å². The second kappa shape index (κ2) is 8.81. The highest BCUT2D eigenvalue weighted by Crippen LogP contribution is 2.25. The van der Waals surface area contributed by atoms with Gasteiger partial charge in [-0.05, 0) is 54.9 Å². The van der Waals surface area contributed by atoms with Crippen LogP contribution in [0.5, 0.6) is 0 Å². The minimum atomic E-state index is 0.0716. The number of likely N-dealkylation sites (tertiary alicyclic amines) is 2. The van der Waals surface area contributed by atoms with Crippen LogP contribution in [0, 0.1) is 11.8 Å². The van der Waals surface area contributed by atoms with Gasteiger partial charge in [0.15, 0.2) is 0 Å². The predicted octanol–water partition coefficient (Wildman–Crippen LogP) is 4.46. The van der Waals surface area contributed by atoms with Crippen molar-refractivity contribution >= 4 is 11.8 Å². The van der Waals surface area contributed by atoms with Crippen LogP contribution in [0.3, 0.4) is 0 Å². The van der Waals surface area contributed by atoms with Gasteiger partial charge in [0.25, 0.3) is 5.91 Å². The molecule has 0 saturated carbocycles. The van der Waals surface area contributed by atoms with Crippen molar-refractivity contribution in [2.45, 2.75) is 32.6 Å². The summed E-state index contributed by atoms with van der Waals surface area (Å²) in [4.78, 5) is 29.6. The molecule has 0 aliphatic carbocycles. The van der Waals surface area contributed by atoms with Gasteiger partial charge >= 0.3 is 0 Å². The van der Waals surface area contributed by atoms with Crippen molar-refractivity contribution in [3.63, 3.8) is 0 Å². The minimum absolute atomic E-state index is 0.0716. The van der Waals surface area contributed by atoms with Crippen LogP contribution in [-0.2, 0) is 4.79 Å². The van der Waals surface area contributed by atoms with E-state index in [0.29, 0.717) is 19.0 Å². The highest BCUT2D eigenvalue weighted by molar-refractivity contribution is 5.95. The second-order valence-electron chi connectivity index (χ2n) is 8.52. The molecular weight excluding hydrogens is 360 g/mol. The number of hydrogen-bond acceptors (Lipinski definition) is 2. The van der Waals surface area contributed by atoms with Crippen molar-refractivity contribution < 1.29 is 9.59 Å². The third-order valence-electron chi connectivity index (χ3n) is 6.47. The molecule has 0 atom stereocenters. The maximum Gasteiger partial charge on any atom is 0.253 e. The lowest BCUT2D eigenvalue weighted by atomic mass is 9.92. The highest BCUT2D eigenvalue weighted by atomic mass is 16.2. The summed E-state index contributed by atoms with van der Waals surface area (Å²) in [5.74, 6) is 1.18. The Bertz CT molecular complexity index is 831. The smallest absolute Gasteiger partial charge is 0.253 e. The fourth-order valence-corrected chi connectivity index (χ4v) is 4.44. The summed E-state index contributed by atoms with van der Waals surface area (Å²) in [7, 11) is 0. The van der Waals surface area contributed by atoms with Gasteiger partial charge in [-0.1, -0.05) is 49.4 Å². The van der Waals surface area contributed by atoms with E-state index < -0.39 is 0 Å². The maximum atomic E-state index is 12.9. The van der Waals surface area contributed by atoms with E-state index in [1.165, 1.54) is 0 Å². The summed E-state index contributed by atoms with van der Waals surface area (Å²) in [6.07, 6.45) is 3.78. The zero-order chi connectivity index (χ0) is 20.2. The molecule has 2 aromatic carbocycles. The van der Waals surface area contributed by atoms with Crippen LogP contribution >= 0.6 is 0 Å². The topological polar surface area (TPSA) is 40.6 Å². The molecule has 2 fully saturated rings. The molecule has 0 N–H and O–H groups in total. The van der Waals surface area contributed by atoms with E-state index in [1.807, 2.05) is 52.3 Å². The average molecular weight is 391 g/mol. The van der Waals surface area contributed by atoms with Gasteiger partial charge in [-0.25, -0.2) is 0 Å². The van der Waals surface area contributed by atoms with Gasteiger partial charge < -0.3 is 9.80 Å². The molecule has 4 nitrogen and oxygen atoms in total. The normalized spacial score (nSPS) is 18.7. The summed E-state index contributed by atoms with van der Waals surface area (Å²) in [5.41, 5.74) is 2.99. The molecule has 0 unspecified atom stereocenters. The van der Waals surface area contributed by atoms with E-state index in [4.69, 9.17) is 0 Å². The Kier molecular flexibility index (Phi) is 5.98. The SMILES string of the molecule is CC1CCN(C(=O)C2CCN(C(=O)c3ccc(-c4ccccc4)cc3)CC2)CC1. The Morgan fingerprint density at radius 2 is 1.28 bits per heavy atom. The first-order chi connectivity index (χ1) is 14.1. The van der Waals surface area contributed by atoms with Crippen molar-refractivity contribution in [2.24, 2.45) is 11.8 Å². The molecule has 2 aliphatic heterocycles. The molecular formula is C25H30N2O2. The van der Waals surface area contributed by atoms with Gasteiger partial charge in [0.05, 0.1) is 0 Å². The third-order valence-corrected chi connectivity index (χ3v) is 6.47. The van der Waals surface area contributed by atoms with E-state index in [2.05, 4.69) is 19.1 Å². The lowest BCUT2D eigenvalue weighted by Crippen LogP contribution is -2.46. The van der Waals surface area contributed by atoms with Crippen molar-refractivity contribution in [1.29, 1.82) is 0 Å². The van der Waals surface area contributed by atoms with Crippen LogP contribution in [0.15, 0.2) is 54.6 Å². The minimum Gasteiger partial charge on any atom is -0.342 e. The number of hydrogen-bond donors (Lipinski definition) is 0. The van der Waals surface area contributed by atoms with Gasteiger partial charge in [-0.3, -0.25) is 9.59 Å². The van der Waals surface area contributed by atoms with Crippen LogP contribution in [-0.4, -0.2) is 47.8 Å². The quantitative estimate of drug-likeness (QED) is 0.776. The summed E-state index contributed by atoms with van der Waals surface area (Å²) in [5, 5.41) is 0. The highest BCUT2D eigenvalue weighted by Gasteiger charge is 2.31. The number of nitrogens with zero attached hydrogens (tertiary/aromatic N) is 2. The van der Waals surface area contributed by atoms with Gasteiger partial charge in [0.1, 0.15) is 0 Å². The van der Waals surface area contributed by atoms with E-state index in [0.717, 1.165) is 61.4 Å².